The van der Waals surface area contributed by atoms with E-state index in [0.29, 0.717) is 5.69 Å². The van der Waals surface area contributed by atoms with Crippen molar-refractivity contribution in [3.63, 3.8) is 0 Å². The summed E-state index contributed by atoms with van der Waals surface area (Å²) in [6.07, 6.45) is 4.43. The van der Waals surface area contributed by atoms with Crippen molar-refractivity contribution in [2.75, 3.05) is 0 Å². The molecule has 0 aliphatic rings. The quantitative estimate of drug-likeness (QED) is 0.672. The van der Waals surface area contributed by atoms with E-state index in [-0.39, 0.29) is 0 Å². The zero-order valence-electron chi connectivity index (χ0n) is 7.84. The van der Waals surface area contributed by atoms with E-state index < -0.39 is 0 Å². The summed E-state index contributed by atoms with van der Waals surface area (Å²) in [5.41, 5.74) is 2.49. The molecule has 0 N–H and O–H groups in total. The zero-order valence-corrected chi connectivity index (χ0v) is 7.84. The van der Waals surface area contributed by atoms with Crippen LogP contribution in [0.15, 0.2) is 36.7 Å². The summed E-state index contributed by atoms with van der Waals surface area (Å²) in [5, 5.41) is 0. The predicted molar refractivity (Wildman–Crippen MR) is 53.7 cm³/mol. The van der Waals surface area contributed by atoms with Gasteiger partial charge in [0.2, 0.25) is 0 Å². The second-order valence-electron chi connectivity index (χ2n) is 3.03. The molecule has 0 bridgehead atoms. The summed E-state index contributed by atoms with van der Waals surface area (Å²) in [4.78, 5) is 14.9. The molecule has 0 aliphatic carbocycles. The standard InChI is InChI=1S/C11H10N2O/c1-9-11(5-2-6-12-9)13-7-3-4-10(13)8-14/h2-8H,1H3. The number of pyridine rings is 1. The molecule has 2 rings (SSSR count). The summed E-state index contributed by atoms with van der Waals surface area (Å²) in [6, 6.07) is 7.42. The summed E-state index contributed by atoms with van der Waals surface area (Å²) < 4.78 is 1.83. The Morgan fingerprint density at radius 1 is 1.36 bits per heavy atom. The third kappa shape index (κ3) is 1.33. The highest BCUT2D eigenvalue weighted by atomic mass is 16.1. The van der Waals surface area contributed by atoms with Crippen molar-refractivity contribution in [1.29, 1.82) is 0 Å². The highest BCUT2D eigenvalue weighted by Crippen LogP contribution is 2.13. The summed E-state index contributed by atoms with van der Waals surface area (Å²) in [6.45, 7) is 1.92. The minimum Gasteiger partial charge on any atom is -0.312 e. The molecule has 0 unspecified atom stereocenters. The van der Waals surface area contributed by atoms with Gasteiger partial charge in [-0.05, 0) is 31.2 Å². The minimum absolute atomic E-state index is 0.640. The Hall–Kier alpha value is -1.90. The van der Waals surface area contributed by atoms with E-state index in [2.05, 4.69) is 4.98 Å². The minimum atomic E-state index is 0.640. The molecule has 2 heterocycles. The molecule has 0 saturated heterocycles. The number of aldehydes is 1. The smallest absolute Gasteiger partial charge is 0.166 e. The van der Waals surface area contributed by atoms with Gasteiger partial charge in [0.1, 0.15) is 0 Å². The van der Waals surface area contributed by atoms with Gasteiger partial charge in [0.05, 0.1) is 17.1 Å². The van der Waals surface area contributed by atoms with Gasteiger partial charge >= 0.3 is 0 Å². The number of hydrogen-bond donors (Lipinski definition) is 0. The van der Waals surface area contributed by atoms with Crippen LogP contribution < -0.4 is 0 Å². The van der Waals surface area contributed by atoms with Crippen LogP contribution in [-0.2, 0) is 0 Å². The summed E-state index contributed by atoms with van der Waals surface area (Å²) in [5.74, 6) is 0. The molecule has 0 atom stereocenters. The average molecular weight is 186 g/mol. The van der Waals surface area contributed by atoms with Crippen molar-refractivity contribution >= 4 is 6.29 Å². The van der Waals surface area contributed by atoms with Gasteiger partial charge in [-0.1, -0.05) is 0 Å². The number of rotatable bonds is 2. The second kappa shape index (κ2) is 3.46. The number of aryl methyl sites for hydroxylation is 1. The molecule has 3 heteroatoms. The highest BCUT2D eigenvalue weighted by Gasteiger charge is 2.04. The van der Waals surface area contributed by atoms with Crippen molar-refractivity contribution in [2.24, 2.45) is 0 Å². The van der Waals surface area contributed by atoms with Crippen LogP contribution in [0.4, 0.5) is 0 Å². The van der Waals surface area contributed by atoms with Gasteiger partial charge in [0.25, 0.3) is 0 Å². The molecule has 14 heavy (non-hydrogen) atoms. The number of nitrogens with zero attached hydrogens (tertiary/aromatic N) is 2. The van der Waals surface area contributed by atoms with Crippen molar-refractivity contribution in [3.05, 3.63) is 48.0 Å². The summed E-state index contributed by atoms with van der Waals surface area (Å²) in [7, 11) is 0. The fourth-order valence-corrected chi connectivity index (χ4v) is 1.44. The average Bonchev–Trinajstić information content (AvgIpc) is 2.66. The molecule has 0 aliphatic heterocycles. The van der Waals surface area contributed by atoms with E-state index in [4.69, 9.17) is 0 Å². The first-order valence-corrected chi connectivity index (χ1v) is 4.37. The second-order valence-corrected chi connectivity index (χ2v) is 3.03. The first kappa shape index (κ1) is 8.69. The molecule has 0 amide bonds. The maximum absolute atomic E-state index is 10.7. The topological polar surface area (TPSA) is 34.9 Å². The van der Waals surface area contributed by atoms with Crippen LogP contribution in [0.3, 0.4) is 0 Å². The van der Waals surface area contributed by atoms with E-state index in [1.807, 2.05) is 35.9 Å². The van der Waals surface area contributed by atoms with Gasteiger partial charge in [-0.15, -0.1) is 0 Å². The van der Waals surface area contributed by atoms with Crippen LogP contribution in [-0.4, -0.2) is 15.8 Å². The molecule has 70 valence electrons. The van der Waals surface area contributed by atoms with Crippen molar-refractivity contribution in [1.82, 2.24) is 9.55 Å². The van der Waals surface area contributed by atoms with E-state index in [1.165, 1.54) is 0 Å². The van der Waals surface area contributed by atoms with Crippen LogP contribution in [0.5, 0.6) is 0 Å². The molecule has 0 saturated carbocycles. The first-order valence-electron chi connectivity index (χ1n) is 4.37. The lowest BCUT2D eigenvalue weighted by Crippen LogP contribution is -2.00. The molecule has 3 nitrogen and oxygen atoms in total. The molecule has 0 aromatic carbocycles. The third-order valence-corrected chi connectivity index (χ3v) is 2.14. The lowest BCUT2D eigenvalue weighted by atomic mass is 10.3. The Kier molecular flexibility index (Phi) is 2.14. The number of carbonyl (C=O) groups excluding carboxylic acids is 1. The van der Waals surface area contributed by atoms with E-state index in [9.17, 15) is 4.79 Å². The van der Waals surface area contributed by atoms with Gasteiger partial charge in [0, 0.05) is 12.4 Å². The van der Waals surface area contributed by atoms with Crippen molar-refractivity contribution < 1.29 is 4.79 Å². The first-order chi connectivity index (χ1) is 6.83. The normalized spacial score (nSPS) is 10.1. The number of hydrogen-bond acceptors (Lipinski definition) is 2. The van der Waals surface area contributed by atoms with Crippen molar-refractivity contribution in [3.8, 4) is 5.69 Å². The van der Waals surface area contributed by atoms with Gasteiger partial charge in [0.15, 0.2) is 6.29 Å². The Balaban J connectivity index is 2.60. The molecular weight excluding hydrogens is 176 g/mol. The summed E-state index contributed by atoms with van der Waals surface area (Å²) >= 11 is 0. The van der Waals surface area contributed by atoms with Gasteiger partial charge in [-0.2, -0.15) is 0 Å². The van der Waals surface area contributed by atoms with Crippen LogP contribution in [0, 0.1) is 6.92 Å². The lowest BCUT2D eigenvalue weighted by molar-refractivity contribution is 0.111. The molecule has 0 radical (unpaired) electrons. The van der Waals surface area contributed by atoms with Crippen LogP contribution in [0.2, 0.25) is 0 Å². The molecule has 0 fully saturated rings. The fourth-order valence-electron chi connectivity index (χ4n) is 1.44. The predicted octanol–water partition coefficient (Wildman–Crippen LogP) is 1.99. The Morgan fingerprint density at radius 2 is 2.21 bits per heavy atom. The Labute approximate surface area is 82.0 Å². The largest absolute Gasteiger partial charge is 0.312 e. The number of aromatic nitrogens is 2. The Morgan fingerprint density at radius 3 is 2.93 bits per heavy atom. The molecule has 2 aromatic rings. The molecule has 0 spiro atoms. The van der Waals surface area contributed by atoms with E-state index in [1.54, 1.807) is 12.3 Å². The SMILES string of the molecule is Cc1ncccc1-n1cccc1C=O. The number of carbonyl (C=O) groups is 1. The molecule has 2 aromatic heterocycles. The maximum atomic E-state index is 10.7. The van der Waals surface area contributed by atoms with Crippen molar-refractivity contribution in [2.45, 2.75) is 6.92 Å². The van der Waals surface area contributed by atoms with Crippen LogP contribution in [0.1, 0.15) is 16.2 Å². The van der Waals surface area contributed by atoms with E-state index in [0.717, 1.165) is 17.7 Å². The van der Waals surface area contributed by atoms with Gasteiger partial charge < -0.3 is 4.57 Å². The monoisotopic (exact) mass is 186 g/mol. The Bertz CT molecular complexity index is 460. The fraction of sp³-hybridized carbons (Fsp3) is 0.0909. The van der Waals surface area contributed by atoms with Crippen LogP contribution in [0.25, 0.3) is 5.69 Å². The third-order valence-electron chi connectivity index (χ3n) is 2.14. The van der Waals surface area contributed by atoms with Gasteiger partial charge in [-0.3, -0.25) is 9.78 Å². The zero-order chi connectivity index (χ0) is 9.97. The maximum Gasteiger partial charge on any atom is 0.166 e. The van der Waals surface area contributed by atoms with E-state index >= 15 is 0 Å². The van der Waals surface area contributed by atoms with Gasteiger partial charge in [-0.25, -0.2) is 0 Å². The molecular formula is C11H10N2O. The van der Waals surface area contributed by atoms with Crippen LogP contribution >= 0.6 is 0 Å². The lowest BCUT2D eigenvalue weighted by Gasteiger charge is -2.07. The highest BCUT2D eigenvalue weighted by molar-refractivity contribution is 5.73.